The first-order chi connectivity index (χ1) is 33.5. The zero-order valence-electron chi connectivity index (χ0n) is 45.6. The maximum atomic E-state index is 12.7. The molecular formula is C56H109N3O6S4. The molecule has 0 aliphatic rings. The predicted molar refractivity (Wildman–Crippen MR) is 308 cm³/mol. The van der Waals surface area contributed by atoms with E-state index < -0.39 is 0 Å². The normalized spacial score (nSPS) is 12.3. The number of hydrogen-bond acceptors (Lipinski definition) is 12. The number of rotatable bonds is 54. The molecule has 0 spiro atoms. The van der Waals surface area contributed by atoms with Crippen molar-refractivity contribution in [3.8, 4) is 0 Å². The van der Waals surface area contributed by atoms with Crippen LogP contribution in [0.2, 0.25) is 0 Å². The number of aliphatic hydroxyl groups excluding tert-OH is 1. The molecule has 1 atom stereocenters. The average Bonchev–Trinajstić information content (AvgIpc) is 3.31. The first-order valence-corrected chi connectivity index (χ1v) is 33.3. The van der Waals surface area contributed by atoms with Crippen LogP contribution in [0.3, 0.4) is 0 Å². The van der Waals surface area contributed by atoms with Gasteiger partial charge in [-0.3, -0.25) is 14.4 Å². The smallest absolute Gasteiger partial charge is 0.307 e. The van der Waals surface area contributed by atoms with Crippen molar-refractivity contribution in [3.05, 3.63) is 12.2 Å². The summed E-state index contributed by atoms with van der Waals surface area (Å²) in [5.74, 6) is 6.29. The van der Waals surface area contributed by atoms with Gasteiger partial charge in [0.2, 0.25) is 5.91 Å². The van der Waals surface area contributed by atoms with E-state index in [2.05, 4.69) is 68.9 Å². The van der Waals surface area contributed by atoms with Crippen molar-refractivity contribution in [3.63, 3.8) is 0 Å². The first kappa shape index (κ1) is 68.4. The van der Waals surface area contributed by atoms with Gasteiger partial charge in [0.25, 0.3) is 0 Å². The number of hydrogen-bond donors (Lipinski definition) is 2. The minimum absolute atomic E-state index is 0.128. The Morgan fingerprint density at radius 3 is 1.55 bits per heavy atom. The van der Waals surface area contributed by atoms with E-state index in [1.165, 1.54) is 113 Å². The lowest BCUT2D eigenvalue weighted by Gasteiger charge is -2.23. The van der Waals surface area contributed by atoms with Gasteiger partial charge in [-0.05, 0) is 109 Å². The van der Waals surface area contributed by atoms with E-state index in [9.17, 15) is 19.5 Å². The van der Waals surface area contributed by atoms with Crippen LogP contribution in [-0.4, -0.2) is 121 Å². The molecule has 0 heterocycles. The Bertz CT molecular complexity index is 1120. The van der Waals surface area contributed by atoms with Gasteiger partial charge < -0.3 is 29.7 Å². The van der Waals surface area contributed by atoms with Crippen LogP contribution in [0.5, 0.6) is 0 Å². The lowest BCUT2D eigenvalue weighted by atomic mass is 10.1. The van der Waals surface area contributed by atoms with Gasteiger partial charge in [-0.1, -0.05) is 186 Å². The highest BCUT2D eigenvalue weighted by atomic mass is 33.1. The maximum Gasteiger partial charge on any atom is 0.307 e. The zero-order chi connectivity index (χ0) is 50.7. The average molecular weight is 1050 g/mol. The number of nitrogens with one attached hydrogen (secondary N) is 1. The Kier molecular flexibility index (Phi) is 53.3. The summed E-state index contributed by atoms with van der Waals surface area (Å²) in [6.07, 6.45) is 36.1. The summed E-state index contributed by atoms with van der Waals surface area (Å²) >= 11 is 0. The minimum Gasteiger partial charge on any atom is -0.466 e. The summed E-state index contributed by atoms with van der Waals surface area (Å²) in [5.41, 5.74) is 0. The van der Waals surface area contributed by atoms with Gasteiger partial charge in [-0.25, -0.2) is 0 Å². The van der Waals surface area contributed by atoms with Crippen LogP contribution in [0.25, 0.3) is 0 Å². The van der Waals surface area contributed by atoms with Gasteiger partial charge in [0.15, 0.2) is 0 Å². The van der Waals surface area contributed by atoms with E-state index in [4.69, 9.17) is 9.47 Å². The second-order valence-electron chi connectivity index (χ2n) is 20.2. The van der Waals surface area contributed by atoms with Crippen LogP contribution >= 0.6 is 43.2 Å². The molecule has 0 saturated heterocycles. The largest absolute Gasteiger partial charge is 0.466 e. The lowest BCUT2D eigenvalue weighted by molar-refractivity contribution is -0.144. The van der Waals surface area contributed by atoms with Gasteiger partial charge in [-0.2, -0.15) is 0 Å². The lowest BCUT2D eigenvalue weighted by Crippen LogP contribution is -2.35. The van der Waals surface area contributed by atoms with Gasteiger partial charge in [-0.15, -0.1) is 0 Å². The number of likely N-dealkylation sites (N-methyl/N-ethyl adjacent to an activating group) is 1. The Labute approximate surface area is 442 Å². The van der Waals surface area contributed by atoms with E-state index in [0.29, 0.717) is 52.1 Å². The maximum absolute atomic E-state index is 12.7. The van der Waals surface area contributed by atoms with Crippen molar-refractivity contribution in [2.24, 2.45) is 11.8 Å². The standard InChI is InChI=1S/C56H109N3O6S4/c1-7-8-9-20-34-53(60)35-21-14-12-10-11-13-15-22-36-54(61)57-39-44-58(6)40-31-41-59(42-37-55(62)64-45-25-16-18-27-47-66-68-49-29-23-32-51(2)3)43-38-56(63)65-46-26-17-19-28-48-67-69-50-30-24-33-52(4)5/h14,21,51-53,60H,7-13,15-20,22-50H2,1-6H3,(H,57,61)/b21-14-/t53-/m1/s1. The fourth-order valence-corrected chi connectivity index (χ4v) is 12.4. The second-order valence-corrected chi connectivity index (χ2v) is 25.6. The third kappa shape index (κ3) is 55.0. The van der Waals surface area contributed by atoms with E-state index >= 15 is 0 Å². The molecule has 0 radical (unpaired) electrons. The van der Waals surface area contributed by atoms with Crippen molar-refractivity contribution in [2.45, 2.75) is 233 Å². The summed E-state index contributed by atoms with van der Waals surface area (Å²) in [6, 6.07) is 0. The van der Waals surface area contributed by atoms with Crippen LogP contribution in [0, 0.1) is 11.8 Å². The minimum atomic E-state index is -0.199. The monoisotopic (exact) mass is 1050 g/mol. The molecule has 408 valence electrons. The molecule has 0 aromatic heterocycles. The van der Waals surface area contributed by atoms with Crippen LogP contribution in [0.1, 0.15) is 227 Å². The Balaban J connectivity index is 4.39. The highest BCUT2D eigenvalue weighted by molar-refractivity contribution is 8.77. The molecule has 0 fully saturated rings. The molecule has 9 nitrogen and oxygen atoms in total. The molecule has 13 heteroatoms. The summed E-state index contributed by atoms with van der Waals surface area (Å²) in [7, 11) is 10.1. The number of unbranched alkanes of at least 4 members (excludes halogenated alkanes) is 16. The van der Waals surface area contributed by atoms with Gasteiger partial charge in [0.1, 0.15) is 0 Å². The molecule has 0 saturated carbocycles. The molecular weight excluding hydrogens is 939 g/mol. The number of carbonyl (C=O) groups is 3. The Morgan fingerprint density at radius 1 is 0.522 bits per heavy atom. The fraction of sp³-hybridized carbons (Fsp3) is 0.911. The molecule has 0 bridgehead atoms. The number of ether oxygens (including phenoxy) is 2. The van der Waals surface area contributed by atoms with E-state index in [0.717, 1.165) is 115 Å². The van der Waals surface area contributed by atoms with Crippen molar-refractivity contribution in [1.29, 1.82) is 0 Å². The zero-order valence-corrected chi connectivity index (χ0v) is 48.9. The fourth-order valence-electron chi connectivity index (χ4n) is 7.77. The molecule has 0 aromatic carbocycles. The number of amides is 1. The van der Waals surface area contributed by atoms with Crippen LogP contribution in [-0.2, 0) is 23.9 Å². The van der Waals surface area contributed by atoms with Crippen molar-refractivity contribution < 1.29 is 29.0 Å². The summed E-state index contributed by atoms with van der Waals surface area (Å²) < 4.78 is 11.2. The number of nitrogens with zero attached hydrogens (tertiary/aromatic N) is 2. The highest BCUT2D eigenvalue weighted by Gasteiger charge is 2.14. The Morgan fingerprint density at radius 2 is 1.00 bits per heavy atom. The second kappa shape index (κ2) is 53.7. The molecule has 69 heavy (non-hydrogen) atoms. The molecule has 1 amide bonds. The van der Waals surface area contributed by atoms with E-state index in [1.807, 2.05) is 43.2 Å². The summed E-state index contributed by atoms with van der Waals surface area (Å²) in [6.45, 7) is 16.5. The van der Waals surface area contributed by atoms with Crippen molar-refractivity contribution in [2.75, 3.05) is 82.5 Å². The molecule has 0 aliphatic carbocycles. The van der Waals surface area contributed by atoms with E-state index in [-0.39, 0.29) is 23.9 Å². The summed E-state index contributed by atoms with van der Waals surface area (Å²) in [4.78, 5) is 42.4. The molecule has 0 aromatic rings. The van der Waals surface area contributed by atoms with Crippen molar-refractivity contribution >= 4 is 61.0 Å². The van der Waals surface area contributed by atoms with Crippen LogP contribution < -0.4 is 5.32 Å². The number of aliphatic hydroxyl groups is 1. The summed E-state index contributed by atoms with van der Waals surface area (Å²) in [5, 5.41) is 13.2. The molecule has 0 aliphatic heterocycles. The molecule has 0 rings (SSSR count). The third-order valence-electron chi connectivity index (χ3n) is 12.3. The van der Waals surface area contributed by atoms with Gasteiger partial charge in [0, 0.05) is 55.6 Å². The third-order valence-corrected chi connectivity index (χ3v) is 17.4. The number of carbonyl (C=O) groups excluding carboxylic acids is 3. The molecule has 0 unspecified atom stereocenters. The molecule has 2 N–H and O–H groups in total. The predicted octanol–water partition coefficient (Wildman–Crippen LogP) is 15.1. The number of esters is 2. The first-order valence-electron chi connectivity index (χ1n) is 28.3. The topological polar surface area (TPSA) is 108 Å². The van der Waals surface area contributed by atoms with Gasteiger partial charge in [0.05, 0.1) is 32.2 Å². The highest BCUT2D eigenvalue weighted by Crippen LogP contribution is 2.26. The Hall–Kier alpha value is -0.570. The SMILES string of the molecule is CCCCCC[C@@H](O)C/C=C\CCCCCCCC(=O)NCCN(C)CCCN(CCC(=O)OCCCCCCSSCCCCC(C)C)CCC(=O)OCCCCCCSSCCCCC(C)C. The number of allylic oxidation sites excluding steroid dienone is 1. The van der Waals surface area contributed by atoms with Crippen LogP contribution in [0.4, 0.5) is 0 Å². The van der Waals surface area contributed by atoms with Gasteiger partial charge >= 0.3 is 11.9 Å². The van der Waals surface area contributed by atoms with Crippen molar-refractivity contribution in [1.82, 2.24) is 15.1 Å². The van der Waals surface area contributed by atoms with Crippen LogP contribution in [0.15, 0.2) is 12.2 Å². The quantitative estimate of drug-likeness (QED) is 0.0262. The van der Waals surface area contributed by atoms with E-state index in [1.54, 1.807) is 0 Å².